The van der Waals surface area contributed by atoms with Crippen LogP contribution < -0.4 is 5.32 Å². The van der Waals surface area contributed by atoms with Gasteiger partial charge in [-0.05, 0) is 32.0 Å². The minimum Gasteiger partial charge on any atom is -0.329 e. The lowest BCUT2D eigenvalue weighted by atomic mass is 10.1. The van der Waals surface area contributed by atoms with E-state index in [2.05, 4.69) is 39.0 Å². The lowest BCUT2D eigenvalue weighted by Gasteiger charge is -2.24. The van der Waals surface area contributed by atoms with Crippen LogP contribution in [0.1, 0.15) is 31.6 Å². The Kier molecular flexibility index (Phi) is 2.81. The van der Waals surface area contributed by atoms with Gasteiger partial charge in [-0.3, -0.25) is 0 Å². The summed E-state index contributed by atoms with van der Waals surface area (Å²) in [5.41, 5.74) is 1.10. The topological polar surface area (TPSA) is 42.7 Å². The third kappa shape index (κ3) is 1.93. The summed E-state index contributed by atoms with van der Waals surface area (Å²) in [5.74, 6) is 0.936. The van der Waals surface area contributed by atoms with Crippen molar-refractivity contribution in [1.29, 1.82) is 0 Å². The third-order valence-corrected chi connectivity index (χ3v) is 3.52. The highest BCUT2D eigenvalue weighted by atomic mass is 15.1. The lowest BCUT2D eigenvalue weighted by Crippen LogP contribution is -2.29. The first-order valence-electron chi connectivity index (χ1n) is 6.41. The number of aryl methyl sites for hydroxylation is 1. The number of nitrogens with zero attached hydrogens (tertiary/aromatic N) is 3. The molecule has 0 unspecified atom stereocenters. The molecule has 0 saturated carbocycles. The van der Waals surface area contributed by atoms with Gasteiger partial charge in [0, 0.05) is 30.2 Å². The predicted molar refractivity (Wildman–Crippen MR) is 68.0 cm³/mol. The Morgan fingerprint density at radius 2 is 2.24 bits per heavy atom. The summed E-state index contributed by atoms with van der Waals surface area (Å²) in [6, 6.07) is 2.71. The largest absolute Gasteiger partial charge is 0.329 e. The average molecular weight is 230 g/mol. The van der Waals surface area contributed by atoms with E-state index in [0.29, 0.717) is 6.04 Å². The number of hydrogen-bond acceptors (Lipinski definition) is 3. The Balaban J connectivity index is 2.02. The van der Waals surface area contributed by atoms with Crippen LogP contribution in [-0.4, -0.2) is 27.6 Å². The van der Waals surface area contributed by atoms with Gasteiger partial charge in [0.15, 0.2) is 0 Å². The summed E-state index contributed by atoms with van der Waals surface area (Å²) in [6.07, 6.45) is 7.38. The molecule has 0 radical (unpaired) electrons. The van der Waals surface area contributed by atoms with Gasteiger partial charge in [-0.2, -0.15) is 0 Å². The van der Waals surface area contributed by atoms with Crippen molar-refractivity contribution in [3.63, 3.8) is 0 Å². The highest BCUT2D eigenvalue weighted by Gasteiger charge is 2.17. The molecule has 3 rings (SSSR count). The van der Waals surface area contributed by atoms with Crippen molar-refractivity contribution in [1.82, 2.24) is 19.9 Å². The summed E-state index contributed by atoms with van der Waals surface area (Å²) in [5, 5.41) is 4.55. The molecular weight excluding hydrogens is 212 g/mol. The molecule has 0 amide bonds. The van der Waals surface area contributed by atoms with Gasteiger partial charge in [-0.15, -0.1) is 0 Å². The minimum absolute atomic E-state index is 0.591. The van der Waals surface area contributed by atoms with Gasteiger partial charge in [0.05, 0.1) is 0 Å². The molecule has 0 atom stereocenters. The van der Waals surface area contributed by atoms with Crippen molar-refractivity contribution in [2.75, 3.05) is 13.1 Å². The van der Waals surface area contributed by atoms with Crippen LogP contribution in [0, 0.1) is 0 Å². The van der Waals surface area contributed by atoms with E-state index in [0.717, 1.165) is 36.4 Å². The van der Waals surface area contributed by atoms with Crippen LogP contribution in [0.5, 0.6) is 0 Å². The SMILES string of the molecule is CCc1ncc2ccn(C3CCNCC3)c2n1. The van der Waals surface area contributed by atoms with Crippen LogP contribution in [0.25, 0.3) is 11.0 Å². The van der Waals surface area contributed by atoms with E-state index >= 15 is 0 Å². The number of piperidine rings is 1. The Morgan fingerprint density at radius 3 is 3.00 bits per heavy atom. The standard InChI is InChI=1S/C13H18N4/c1-2-12-15-9-10-5-8-17(13(10)16-12)11-3-6-14-7-4-11/h5,8-9,11,14H,2-4,6-7H2,1H3. The predicted octanol–water partition coefficient (Wildman–Crippen LogP) is 1.92. The molecule has 90 valence electrons. The van der Waals surface area contributed by atoms with Crippen LogP contribution in [0.2, 0.25) is 0 Å². The van der Waals surface area contributed by atoms with Gasteiger partial charge in [0.2, 0.25) is 0 Å². The normalized spacial score (nSPS) is 17.7. The third-order valence-electron chi connectivity index (χ3n) is 3.52. The maximum Gasteiger partial charge on any atom is 0.143 e. The quantitative estimate of drug-likeness (QED) is 0.857. The highest BCUT2D eigenvalue weighted by molar-refractivity contribution is 5.75. The molecule has 1 saturated heterocycles. The number of fused-ring (bicyclic) bond motifs is 1. The second-order valence-electron chi connectivity index (χ2n) is 4.62. The van der Waals surface area contributed by atoms with Crippen LogP contribution in [-0.2, 0) is 6.42 Å². The van der Waals surface area contributed by atoms with E-state index in [1.165, 1.54) is 12.8 Å². The summed E-state index contributed by atoms with van der Waals surface area (Å²) in [6.45, 7) is 4.31. The van der Waals surface area contributed by atoms with Crippen LogP contribution >= 0.6 is 0 Å². The molecule has 0 aromatic carbocycles. The maximum absolute atomic E-state index is 4.66. The fraction of sp³-hybridized carbons (Fsp3) is 0.538. The first kappa shape index (κ1) is 10.7. The molecule has 1 aliphatic heterocycles. The van der Waals surface area contributed by atoms with Crippen molar-refractivity contribution in [2.45, 2.75) is 32.2 Å². The molecule has 4 heteroatoms. The summed E-state index contributed by atoms with van der Waals surface area (Å²) >= 11 is 0. The van der Waals surface area contributed by atoms with Gasteiger partial charge in [0.25, 0.3) is 0 Å². The Labute approximate surface area is 101 Å². The van der Waals surface area contributed by atoms with Crippen molar-refractivity contribution in [2.24, 2.45) is 0 Å². The molecule has 0 bridgehead atoms. The van der Waals surface area contributed by atoms with Gasteiger partial charge in [0.1, 0.15) is 11.5 Å². The molecule has 0 aliphatic carbocycles. The molecule has 1 fully saturated rings. The van der Waals surface area contributed by atoms with Crippen LogP contribution in [0.15, 0.2) is 18.5 Å². The van der Waals surface area contributed by atoms with Gasteiger partial charge < -0.3 is 9.88 Å². The van der Waals surface area contributed by atoms with Crippen molar-refractivity contribution >= 4 is 11.0 Å². The smallest absolute Gasteiger partial charge is 0.143 e. The summed E-state index contributed by atoms with van der Waals surface area (Å²) in [4.78, 5) is 9.01. The van der Waals surface area contributed by atoms with Crippen molar-refractivity contribution in [3.8, 4) is 0 Å². The van der Waals surface area contributed by atoms with E-state index in [4.69, 9.17) is 0 Å². The molecule has 1 N–H and O–H groups in total. The maximum atomic E-state index is 4.66. The molecular formula is C13H18N4. The Morgan fingerprint density at radius 1 is 1.41 bits per heavy atom. The first-order valence-corrected chi connectivity index (χ1v) is 6.41. The second-order valence-corrected chi connectivity index (χ2v) is 4.62. The van der Waals surface area contributed by atoms with Gasteiger partial charge in [-0.25, -0.2) is 9.97 Å². The molecule has 2 aromatic heterocycles. The number of nitrogens with one attached hydrogen (secondary N) is 1. The zero-order valence-electron chi connectivity index (χ0n) is 10.2. The first-order chi connectivity index (χ1) is 8.38. The molecule has 3 heterocycles. The highest BCUT2D eigenvalue weighted by Crippen LogP contribution is 2.24. The molecule has 4 nitrogen and oxygen atoms in total. The van der Waals surface area contributed by atoms with Crippen molar-refractivity contribution in [3.05, 3.63) is 24.3 Å². The zero-order valence-corrected chi connectivity index (χ0v) is 10.2. The van der Waals surface area contributed by atoms with Crippen molar-refractivity contribution < 1.29 is 0 Å². The fourth-order valence-electron chi connectivity index (χ4n) is 2.52. The molecule has 1 aliphatic rings. The molecule has 2 aromatic rings. The van der Waals surface area contributed by atoms with E-state index < -0.39 is 0 Å². The van der Waals surface area contributed by atoms with E-state index in [-0.39, 0.29) is 0 Å². The Bertz CT molecular complexity index is 511. The molecule has 17 heavy (non-hydrogen) atoms. The van der Waals surface area contributed by atoms with Gasteiger partial charge >= 0.3 is 0 Å². The summed E-state index contributed by atoms with van der Waals surface area (Å²) in [7, 11) is 0. The van der Waals surface area contributed by atoms with Gasteiger partial charge in [-0.1, -0.05) is 6.92 Å². The van der Waals surface area contributed by atoms with E-state index in [9.17, 15) is 0 Å². The zero-order chi connectivity index (χ0) is 11.7. The number of aromatic nitrogens is 3. The minimum atomic E-state index is 0.591. The summed E-state index contributed by atoms with van der Waals surface area (Å²) < 4.78 is 2.33. The Hall–Kier alpha value is -1.42. The molecule has 0 spiro atoms. The monoisotopic (exact) mass is 230 g/mol. The number of hydrogen-bond donors (Lipinski definition) is 1. The van der Waals surface area contributed by atoms with E-state index in [1.807, 2.05) is 6.20 Å². The lowest BCUT2D eigenvalue weighted by molar-refractivity contribution is 0.374. The van der Waals surface area contributed by atoms with Crippen LogP contribution in [0.3, 0.4) is 0 Å². The fourth-order valence-corrected chi connectivity index (χ4v) is 2.52. The van der Waals surface area contributed by atoms with Crippen LogP contribution in [0.4, 0.5) is 0 Å². The number of rotatable bonds is 2. The second kappa shape index (κ2) is 4.45. The average Bonchev–Trinajstić information content (AvgIpc) is 2.82. The van der Waals surface area contributed by atoms with E-state index in [1.54, 1.807) is 0 Å².